The van der Waals surface area contributed by atoms with Crippen molar-refractivity contribution >= 4 is 23.4 Å². The summed E-state index contributed by atoms with van der Waals surface area (Å²) in [7, 11) is 1.78. The molecule has 6 rings (SSSR count). The average Bonchev–Trinajstić information content (AvgIpc) is 3.46. The lowest BCUT2D eigenvalue weighted by Gasteiger charge is -2.39. The van der Waals surface area contributed by atoms with Crippen LogP contribution in [0.25, 0.3) is 5.65 Å². The van der Waals surface area contributed by atoms with E-state index in [1.165, 1.54) is 11.1 Å². The van der Waals surface area contributed by atoms with Gasteiger partial charge in [0.25, 0.3) is 0 Å². The molecule has 0 saturated carbocycles. The van der Waals surface area contributed by atoms with Crippen molar-refractivity contribution in [3.05, 3.63) is 65.9 Å². The van der Waals surface area contributed by atoms with Gasteiger partial charge in [-0.25, -0.2) is 9.38 Å². The van der Waals surface area contributed by atoms with E-state index in [-0.39, 0.29) is 0 Å². The topological polar surface area (TPSA) is 68.4 Å². The number of pyridine rings is 1. The van der Waals surface area contributed by atoms with Gasteiger partial charge in [-0.15, -0.1) is 10.2 Å². The molecule has 0 bridgehead atoms. The number of rotatable bonds is 4. The van der Waals surface area contributed by atoms with Crippen LogP contribution < -0.4 is 9.64 Å². The Balaban J connectivity index is 1.23. The molecule has 33 heavy (non-hydrogen) atoms. The van der Waals surface area contributed by atoms with Crippen LogP contribution in [0.1, 0.15) is 29.5 Å². The van der Waals surface area contributed by atoms with Crippen LogP contribution in [-0.4, -0.2) is 44.8 Å². The van der Waals surface area contributed by atoms with Crippen LogP contribution >= 0.6 is 11.8 Å². The van der Waals surface area contributed by atoms with Crippen molar-refractivity contribution in [3.8, 4) is 5.75 Å². The van der Waals surface area contributed by atoms with Crippen LogP contribution in [-0.2, 0) is 12.8 Å². The summed E-state index contributed by atoms with van der Waals surface area (Å²) >= 11 is 1.66. The molecular weight excluding hydrogens is 432 g/mol. The molecule has 8 heteroatoms. The second-order valence-corrected chi connectivity index (χ2v) is 10.2. The van der Waals surface area contributed by atoms with Crippen molar-refractivity contribution in [2.24, 2.45) is 5.41 Å². The number of hydrogen-bond acceptors (Lipinski definition) is 7. The molecular formula is C25H26N6OS. The maximum Gasteiger partial charge on any atom is 0.212 e. The van der Waals surface area contributed by atoms with Gasteiger partial charge < -0.3 is 9.64 Å². The van der Waals surface area contributed by atoms with Crippen LogP contribution in [0.4, 0.5) is 5.95 Å². The van der Waals surface area contributed by atoms with Gasteiger partial charge >= 0.3 is 0 Å². The Hall–Kier alpha value is -3.13. The highest BCUT2D eigenvalue weighted by Gasteiger charge is 2.41. The Morgan fingerprint density at radius 1 is 1.06 bits per heavy atom. The van der Waals surface area contributed by atoms with Gasteiger partial charge in [0, 0.05) is 36.6 Å². The smallest absolute Gasteiger partial charge is 0.212 e. The number of aryl methyl sites for hydroxylation is 1. The molecule has 4 heterocycles. The highest BCUT2D eigenvalue weighted by atomic mass is 32.2. The summed E-state index contributed by atoms with van der Waals surface area (Å²) in [5.74, 6) is 1.96. The van der Waals surface area contributed by atoms with Crippen molar-refractivity contribution in [3.63, 3.8) is 0 Å². The van der Waals surface area contributed by atoms with Crippen LogP contribution in [0, 0.1) is 12.3 Å². The summed E-state index contributed by atoms with van der Waals surface area (Å²) < 4.78 is 7.67. The van der Waals surface area contributed by atoms with E-state index in [1.54, 1.807) is 25.2 Å². The SMILES string of the molecule is COc1cccc2c1CC1(CCN(c3ncc(Sc4ccncc4C)c4nncn34)CC1)C2. The fraction of sp³-hybridized carbons (Fsp3) is 0.360. The van der Waals surface area contributed by atoms with E-state index in [0.29, 0.717) is 5.41 Å². The predicted octanol–water partition coefficient (Wildman–Crippen LogP) is 4.37. The molecule has 0 atom stereocenters. The summed E-state index contributed by atoms with van der Waals surface area (Å²) in [6, 6.07) is 8.50. The van der Waals surface area contributed by atoms with E-state index < -0.39 is 0 Å². The van der Waals surface area contributed by atoms with Gasteiger partial charge in [-0.1, -0.05) is 23.9 Å². The second-order valence-electron chi connectivity index (χ2n) is 9.13. The lowest BCUT2D eigenvalue weighted by molar-refractivity contribution is 0.230. The Bertz CT molecular complexity index is 1330. The zero-order valence-electron chi connectivity index (χ0n) is 18.9. The minimum absolute atomic E-state index is 0.328. The van der Waals surface area contributed by atoms with Gasteiger partial charge in [-0.3, -0.25) is 4.98 Å². The first-order chi connectivity index (χ1) is 16.2. The van der Waals surface area contributed by atoms with Crippen molar-refractivity contribution in [2.45, 2.75) is 42.4 Å². The van der Waals surface area contributed by atoms with Crippen molar-refractivity contribution < 1.29 is 4.74 Å². The van der Waals surface area contributed by atoms with Gasteiger partial charge in [-0.2, -0.15) is 0 Å². The van der Waals surface area contributed by atoms with Gasteiger partial charge in [0.15, 0.2) is 5.65 Å². The van der Waals surface area contributed by atoms with Crippen molar-refractivity contribution in [1.29, 1.82) is 0 Å². The lowest BCUT2D eigenvalue weighted by atomic mass is 9.76. The standard InChI is InChI=1S/C25H26N6OS/c1-17-14-26-9-6-21(17)33-22-15-27-24(31-16-28-29-23(22)31)30-10-7-25(8-11-30)12-18-4-3-5-20(32-2)19(18)13-25/h3-6,9,14-16H,7-8,10-13H2,1-2H3. The summed E-state index contributed by atoms with van der Waals surface area (Å²) in [5.41, 5.74) is 5.17. The number of nitrogens with zero attached hydrogens (tertiary/aromatic N) is 6. The molecule has 1 saturated heterocycles. The number of ether oxygens (including phenoxy) is 1. The maximum absolute atomic E-state index is 5.64. The monoisotopic (exact) mass is 458 g/mol. The highest BCUT2D eigenvalue weighted by Crippen LogP contribution is 2.47. The normalized spacial score (nSPS) is 17.0. The quantitative estimate of drug-likeness (QED) is 0.450. The molecule has 4 aromatic rings. The van der Waals surface area contributed by atoms with E-state index in [4.69, 9.17) is 9.72 Å². The largest absolute Gasteiger partial charge is 0.496 e. The third-order valence-electron chi connectivity index (χ3n) is 7.14. The lowest BCUT2D eigenvalue weighted by Crippen LogP contribution is -2.41. The number of piperidine rings is 1. The second kappa shape index (κ2) is 8.02. The third kappa shape index (κ3) is 3.53. The Kier molecular flexibility index (Phi) is 4.98. The number of fused-ring (bicyclic) bond motifs is 2. The molecule has 0 amide bonds. The molecule has 0 N–H and O–H groups in total. The number of hydrogen-bond donors (Lipinski definition) is 0. The minimum Gasteiger partial charge on any atom is -0.496 e. The van der Waals surface area contributed by atoms with E-state index in [0.717, 1.165) is 71.5 Å². The molecule has 1 aromatic carbocycles. The summed E-state index contributed by atoms with van der Waals surface area (Å²) in [5, 5.41) is 8.62. The number of benzene rings is 1. The molecule has 1 fully saturated rings. The maximum atomic E-state index is 5.64. The predicted molar refractivity (Wildman–Crippen MR) is 128 cm³/mol. The molecule has 0 unspecified atom stereocenters. The van der Waals surface area contributed by atoms with Crippen LogP contribution in [0.5, 0.6) is 5.75 Å². The zero-order valence-corrected chi connectivity index (χ0v) is 19.7. The Morgan fingerprint density at radius 3 is 2.76 bits per heavy atom. The molecule has 7 nitrogen and oxygen atoms in total. The van der Waals surface area contributed by atoms with Crippen molar-refractivity contribution in [1.82, 2.24) is 24.6 Å². The van der Waals surface area contributed by atoms with Crippen LogP contribution in [0.3, 0.4) is 0 Å². The van der Waals surface area contributed by atoms with Gasteiger partial charge in [0.1, 0.15) is 12.1 Å². The van der Waals surface area contributed by atoms with Crippen LogP contribution in [0.15, 0.2) is 59.0 Å². The molecule has 1 aliphatic carbocycles. The molecule has 1 aliphatic heterocycles. The molecule has 2 aliphatic rings. The zero-order chi connectivity index (χ0) is 22.4. The fourth-order valence-corrected chi connectivity index (χ4v) is 6.25. The third-order valence-corrected chi connectivity index (χ3v) is 8.33. The van der Waals surface area contributed by atoms with E-state index in [1.807, 2.05) is 29.1 Å². The van der Waals surface area contributed by atoms with E-state index in [9.17, 15) is 0 Å². The Morgan fingerprint density at radius 2 is 1.94 bits per heavy atom. The average molecular weight is 459 g/mol. The van der Waals surface area contributed by atoms with Gasteiger partial charge in [0.2, 0.25) is 5.95 Å². The van der Waals surface area contributed by atoms with Gasteiger partial charge in [-0.05, 0) is 66.8 Å². The van der Waals surface area contributed by atoms with Gasteiger partial charge in [0.05, 0.1) is 12.0 Å². The minimum atomic E-state index is 0.328. The number of aromatic nitrogens is 5. The van der Waals surface area contributed by atoms with Crippen LogP contribution in [0.2, 0.25) is 0 Å². The Labute approximate surface area is 197 Å². The number of anilines is 1. The fourth-order valence-electron chi connectivity index (χ4n) is 5.33. The summed E-state index contributed by atoms with van der Waals surface area (Å²) in [6.07, 6.45) is 11.9. The molecule has 1 spiro atoms. The molecule has 168 valence electrons. The highest BCUT2D eigenvalue weighted by molar-refractivity contribution is 7.99. The molecule has 0 radical (unpaired) electrons. The summed E-state index contributed by atoms with van der Waals surface area (Å²) in [4.78, 5) is 13.6. The first-order valence-electron chi connectivity index (χ1n) is 11.3. The summed E-state index contributed by atoms with van der Waals surface area (Å²) in [6.45, 7) is 4.03. The van der Waals surface area contributed by atoms with E-state index >= 15 is 0 Å². The molecule has 3 aromatic heterocycles. The first kappa shape index (κ1) is 20.5. The number of methoxy groups -OCH3 is 1. The first-order valence-corrected chi connectivity index (χ1v) is 12.1. The van der Waals surface area contributed by atoms with Crippen molar-refractivity contribution in [2.75, 3.05) is 25.1 Å². The van der Waals surface area contributed by atoms with E-state index in [2.05, 4.69) is 45.2 Å².